The molecule has 1 aromatic heterocycles. The van der Waals surface area contributed by atoms with Crippen LogP contribution in [0.1, 0.15) is 22.3 Å². The van der Waals surface area contributed by atoms with Crippen molar-refractivity contribution < 1.29 is 0 Å². The van der Waals surface area contributed by atoms with E-state index in [9.17, 15) is 0 Å². The molecule has 1 heterocycles. The molecule has 0 spiro atoms. The zero-order valence-corrected chi connectivity index (χ0v) is 28.9. The molecule has 248 valence electrons. The summed E-state index contributed by atoms with van der Waals surface area (Å²) in [7, 11) is 0. The molecule has 53 heavy (non-hydrogen) atoms. The molecule has 0 aliphatic heterocycles. The molecule has 0 N–H and O–H groups in total. The first-order valence-corrected chi connectivity index (χ1v) is 18.0. The van der Waals surface area contributed by atoms with Gasteiger partial charge >= 0.3 is 0 Å². The molecule has 1 aliphatic rings. The summed E-state index contributed by atoms with van der Waals surface area (Å²) in [4.78, 5) is 15.4. The van der Waals surface area contributed by atoms with Crippen molar-refractivity contribution in [3.63, 3.8) is 0 Å². The van der Waals surface area contributed by atoms with Crippen molar-refractivity contribution in [3.8, 4) is 56.4 Å². The highest BCUT2D eigenvalue weighted by Crippen LogP contribution is 2.57. The van der Waals surface area contributed by atoms with Gasteiger partial charge in [0.2, 0.25) is 0 Å². The summed E-state index contributed by atoms with van der Waals surface area (Å²) in [5, 5.41) is 2.29. The fourth-order valence-corrected chi connectivity index (χ4v) is 8.21. The Morgan fingerprint density at radius 1 is 0.283 bits per heavy atom. The number of nitrogens with zero attached hydrogens (tertiary/aromatic N) is 3. The van der Waals surface area contributed by atoms with E-state index in [1.54, 1.807) is 0 Å². The Labute approximate surface area is 309 Å². The molecule has 0 atom stereocenters. The first-order valence-electron chi connectivity index (χ1n) is 18.0. The van der Waals surface area contributed by atoms with Gasteiger partial charge in [0, 0.05) is 16.7 Å². The van der Waals surface area contributed by atoms with E-state index in [0.717, 1.165) is 38.6 Å². The molecule has 0 radical (unpaired) electrons. The first kappa shape index (κ1) is 30.8. The third-order valence-electron chi connectivity index (χ3n) is 10.6. The lowest BCUT2D eigenvalue weighted by Gasteiger charge is -2.34. The minimum absolute atomic E-state index is 0.504. The summed E-state index contributed by atoms with van der Waals surface area (Å²) in [6.07, 6.45) is 0. The number of hydrogen-bond donors (Lipinski definition) is 0. The monoisotopic (exact) mass is 675 g/mol. The zero-order chi connectivity index (χ0) is 35.2. The molecule has 0 amide bonds. The molecular formula is C50H33N3. The van der Waals surface area contributed by atoms with Crippen molar-refractivity contribution in [2.75, 3.05) is 0 Å². The van der Waals surface area contributed by atoms with Crippen molar-refractivity contribution in [1.82, 2.24) is 15.0 Å². The van der Waals surface area contributed by atoms with Gasteiger partial charge in [0.15, 0.2) is 17.5 Å². The van der Waals surface area contributed by atoms with Gasteiger partial charge in [0.1, 0.15) is 0 Å². The van der Waals surface area contributed by atoms with E-state index in [0.29, 0.717) is 17.5 Å². The Hall–Kier alpha value is -6.97. The number of fused-ring (bicyclic) bond motifs is 4. The minimum atomic E-state index is -0.504. The van der Waals surface area contributed by atoms with Gasteiger partial charge < -0.3 is 0 Å². The maximum Gasteiger partial charge on any atom is 0.164 e. The van der Waals surface area contributed by atoms with Crippen LogP contribution in [0.25, 0.3) is 67.2 Å². The Balaban J connectivity index is 1.26. The lowest BCUT2D eigenvalue weighted by atomic mass is 9.67. The van der Waals surface area contributed by atoms with Crippen molar-refractivity contribution in [3.05, 3.63) is 222 Å². The van der Waals surface area contributed by atoms with Crippen LogP contribution in [-0.4, -0.2) is 15.0 Å². The number of rotatable bonds is 6. The highest BCUT2D eigenvalue weighted by atomic mass is 15.0. The van der Waals surface area contributed by atoms with Gasteiger partial charge in [-0.2, -0.15) is 0 Å². The van der Waals surface area contributed by atoms with Crippen LogP contribution in [0.4, 0.5) is 0 Å². The van der Waals surface area contributed by atoms with Gasteiger partial charge in [-0.3, -0.25) is 0 Å². The van der Waals surface area contributed by atoms with E-state index in [1.807, 2.05) is 36.4 Å². The maximum atomic E-state index is 5.20. The lowest BCUT2D eigenvalue weighted by Crippen LogP contribution is -2.28. The molecule has 10 rings (SSSR count). The maximum absolute atomic E-state index is 5.20. The quantitative estimate of drug-likeness (QED) is 0.176. The van der Waals surface area contributed by atoms with Gasteiger partial charge in [0.05, 0.1) is 5.41 Å². The second-order valence-corrected chi connectivity index (χ2v) is 13.6. The SMILES string of the molecule is c1ccc(-c2nc(-c3ccccc3)nc(-c3cc4ccccc4cc3-c3ccc4c(c3)C(c3ccccc3)(c3ccccc3)c3ccccc3-4)n2)cc1. The highest BCUT2D eigenvalue weighted by Gasteiger charge is 2.46. The van der Waals surface area contributed by atoms with E-state index in [2.05, 4.69) is 164 Å². The second-order valence-electron chi connectivity index (χ2n) is 13.6. The van der Waals surface area contributed by atoms with Crippen LogP contribution in [0.3, 0.4) is 0 Å². The zero-order valence-electron chi connectivity index (χ0n) is 28.9. The van der Waals surface area contributed by atoms with E-state index in [1.165, 1.54) is 33.4 Å². The summed E-state index contributed by atoms with van der Waals surface area (Å²) in [5.41, 5.74) is 12.1. The Kier molecular flexibility index (Phi) is 7.36. The van der Waals surface area contributed by atoms with Gasteiger partial charge in [-0.15, -0.1) is 0 Å². The molecule has 9 aromatic rings. The fourth-order valence-electron chi connectivity index (χ4n) is 8.21. The predicted octanol–water partition coefficient (Wildman–Crippen LogP) is 12.1. The number of hydrogen-bond acceptors (Lipinski definition) is 3. The van der Waals surface area contributed by atoms with Crippen LogP contribution in [-0.2, 0) is 5.41 Å². The van der Waals surface area contributed by atoms with E-state index in [4.69, 9.17) is 15.0 Å². The standard InChI is InChI=1S/C50H33N3/c1-5-17-34(18-6-1)47-51-48(35-19-7-2-8-20-35)53-49(52-47)44-32-37-22-14-13-21-36(37)31-43(44)38-29-30-42-41-27-15-16-28-45(41)50(46(42)33-38,39-23-9-3-10-24-39)40-25-11-4-12-26-40/h1-33H. The third kappa shape index (κ3) is 5.09. The van der Waals surface area contributed by atoms with Gasteiger partial charge in [0.25, 0.3) is 0 Å². The molecule has 0 saturated heterocycles. The second kappa shape index (κ2) is 12.7. The first-order chi connectivity index (χ1) is 26.3. The van der Waals surface area contributed by atoms with Crippen molar-refractivity contribution in [2.24, 2.45) is 0 Å². The largest absolute Gasteiger partial charge is 0.208 e. The minimum Gasteiger partial charge on any atom is -0.208 e. The molecular weight excluding hydrogens is 643 g/mol. The van der Waals surface area contributed by atoms with E-state index >= 15 is 0 Å². The van der Waals surface area contributed by atoms with Crippen LogP contribution in [0, 0.1) is 0 Å². The van der Waals surface area contributed by atoms with Gasteiger partial charge in [-0.1, -0.05) is 182 Å². The van der Waals surface area contributed by atoms with Gasteiger partial charge in [-0.25, -0.2) is 15.0 Å². The predicted molar refractivity (Wildman–Crippen MR) is 216 cm³/mol. The lowest BCUT2D eigenvalue weighted by molar-refractivity contribution is 0.769. The molecule has 0 unspecified atom stereocenters. The molecule has 0 saturated carbocycles. The average molecular weight is 676 g/mol. The Morgan fingerprint density at radius 3 is 1.32 bits per heavy atom. The topological polar surface area (TPSA) is 38.7 Å². The summed E-state index contributed by atoms with van der Waals surface area (Å²) < 4.78 is 0. The molecule has 3 heteroatoms. The number of benzene rings is 8. The smallest absolute Gasteiger partial charge is 0.164 e. The van der Waals surface area contributed by atoms with Crippen LogP contribution in [0.15, 0.2) is 200 Å². The van der Waals surface area contributed by atoms with Crippen molar-refractivity contribution >= 4 is 10.8 Å². The van der Waals surface area contributed by atoms with E-state index in [-0.39, 0.29) is 0 Å². The van der Waals surface area contributed by atoms with Crippen LogP contribution in [0.5, 0.6) is 0 Å². The third-order valence-corrected chi connectivity index (χ3v) is 10.6. The molecule has 8 aromatic carbocycles. The molecule has 0 bridgehead atoms. The Bertz CT molecular complexity index is 2660. The van der Waals surface area contributed by atoms with Crippen LogP contribution < -0.4 is 0 Å². The fraction of sp³-hybridized carbons (Fsp3) is 0.0200. The summed E-state index contributed by atoms with van der Waals surface area (Å²) in [5.74, 6) is 1.93. The molecule has 1 aliphatic carbocycles. The summed E-state index contributed by atoms with van der Waals surface area (Å²) in [6, 6.07) is 71.2. The van der Waals surface area contributed by atoms with Gasteiger partial charge in [-0.05, 0) is 73.5 Å². The Morgan fingerprint density at radius 2 is 0.736 bits per heavy atom. The number of aromatic nitrogens is 3. The molecule has 0 fully saturated rings. The summed E-state index contributed by atoms with van der Waals surface area (Å²) in [6.45, 7) is 0. The highest BCUT2D eigenvalue weighted by molar-refractivity contribution is 5.97. The van der Waals surface area contributed by atoms with Crippen LogP contribution >= 0.6 is 0 Å². The normalized spacial score (nSPS) is 12.7. The average Bonchev–Trinajstić information content (AvgIpc) is 3.54. The molecule has 3 nitrogen and oxygen atoms in total. The van der Waals surface area contributed by atoms with E-state index < -0.39 is 5.41 Å². The summed E-state index contributed by atoms with van der Waals surface area (Å²) >= 11 is 0. The van der Waals surface area contributed by atoms with Crippen LogP contribution in [0.2, 0.25) is 0 Å². The van der Waals surface area contributed by atoms with Crippen molar-refractivity contribution in [2.45, 2.75) is 5.41 Å². The van der Waals surface area contributed by atoms with Crippen molar-refractivity contribution in [1.29, 1.82) is 0 Å².